The minimum Gasteiger partial charge on any atom is -0.370 e. The Morgan fingerprint density at radius 1 is 1.30 bits per heavy atom. The van der Waals surface area contributed by atoms with Gasteiger partial charge in [0.25, 0.3) is 0 Å². The molecule has 0 aromatic carbocycles. The molecule has 1 unspecified atom stereocenters. The van der Waals surface area contributed by atoms with Gasteiger partial charge in [0.15, 0.2) is 0 Å². The van der Waals surface area contributed by atoms with E-state index in [0.717, 1.165) is 24.0 Å². The molecule has 3 heteroatoms. The van der Waals surface area contributed by atoms with Crippen LogP contribution < -0.4 is 10.2 Å². The summed E-state index contributed by atoms with van der Waals surface area (Å²) in [5, 5.41) is 3.31. The third-order valence-corrected chi connectivity index (χ3v) is 4.73. The maximum Gasteiger partial charge on any atom is 0.0574 e. The lowest BCUT2D eigenvalue weighted by Crippen LogP contribution is -2.35. The Labute approximate surface area is 123 Å². The van der Waals surface area contributed by atoms with E-state index >= 15 is 0 Å². The largest absolute Gasteiger partial charge is 0.370 e. The molecule has 1 aliphatic heterocycles. The van der Waals surface area contributed by atoms with E-state index in [9.17, 15) is 0 Å². The minimum absolute atomic E-state index is 0.371. The zero-order chi connectivity index (χ0) is 14.5. The molecule has 1 fully saturated rings. The van der Waals surface area contributed by atoms with E-state index < -0.39 is 0 Å². The normalized spacial score (nSPS) is 18.6. The zero-order valence-electron chi connectivity index (χ0n) is 13.4. The molecule has 0 spiro atoms. The SMILES string of the molecule is CCC(NC)c1ccc(N2CCC(C(C)C)CC2)cn1. The molecule has 1 aromatic heterocycles. The molecule has 0 bridgehead atoms. The molecule has 20 heavy (non-hydrogen) atoms. The molecule has 2 rings (SSSR count). The van der Waals surface area contributed by atoms with Crippen molar-refractivity contribution in [2.45, 2.75) is 46.1 Å². The van der Waals surface area contributed by atoms with Crippen LogP contribution in [0.2, 0.25) is 0 Å². The van der Waals surface area contributed by atoms with Crippen LogP contribution in [-0.4, -0.2) is 25.1 Å². The van der Waals surface area contributed by atoms with Gasteiger partial charge in [-0.05, 0) is 50.3 Å². The van der Waals surface area contributed by atoms with Crippen LogP contribution in [0.5, 0.6) is 0 Å². The molecule has 0 saturated carbocycles. The number of hydrogen-bond acceptors (Lipinski definition) is 3. The monoisotopic (exact) mass is 275 g/mol. The minimum atomic E-state index is 0.371. The summed E-state index contributed by atoms with van der Waals surface area (Å²) >= 11 is 0. The molecule has 1 N–H and O–H groups in total. The lowest BCUT2D eigenvalue weighted by molar-refractivity contribution is 0.311. The smallest absolute Gasteiger partial charge is 0.0574 e. The van der Waals surface area contributed by atoms with E-state index in [2.05, 4.69) is 48.1 Å². The molecule has 0 amide bonds. The van der Waals surface area contributed by atoms with Crippen LogP contribution in [0.1, 0.15) is 51.8 Å². The van der Waals surface area contributed by atoms with Crippen molar-refractivity contribution in [3.63, 3.8) is 0 Å². The van der Waals surface area contributed by atoms with E-state index in [4.69, 9.17) is 0 Å². The lowest BCUT2D eigenvalue weighted by Gasteiger charge is -2.35. The summed E-state index contributed by atoms with van der Waals surface area (Å²) in [6.07, 6.45) is 5.74. The van der Waals surface area contributed by atoms with Crippen LogP contribution in [0, 0.1) is 11.8 Å². The third-order valence-electron chi connectivity index (χ3n) is 4.73. The molecule has 1 saturated heterocycles. The van der Waals surface area contributed by atoms with Crippen LogP contribution in [-0.2, 0) is 0 Å². The van der Waals surface area contributed by atoms with Crippen LogP contribution in [0.25, 0.3) is 0 Å². The molecule has 1 atom stereocenters. The van der Waals surface area contributed by atoms with E-state index in [-0.39, 0.29) is 0 Å². The summed E-state index contributed by atoms with van der Waals surface area (Å²) in [6, 6.07) is 4.78. The average molecular weight is 275 g/mol. The quantitative estimate of drug-likeness (QED) is 0.889. The number of hydrogen-bond donors (Lipinski definition) is 1. The van der Waals surface area contributed by atoms with Crippen LogP contribution in [0.3, 0.4) is 0 Å². The summed E-state index contributed by atoms with van der Waals surface area (Å²) in [5.74, 6) is 1.71. The molecule has 1 aromatic rings. The number of piperidine rings is 1. The van der Waals surface area contributed by atoms with Gasteiger partial charge >= 0.3 is 0 Å². The number of nitrogens with one attached hydrogen (secondary N) is 1. The Bertz CT molecular complexity index is 387. The predicted molar refractivity (Wildman–Crippen MR) is 86.1 cm³/mol. The molecular formula is C17H29N3. The van der Waals surface area contributed by atoms with Gasteiger partial charge in [0, 0.05) is 19.1 Å². The fourth-order valence-electron chi connectivity index (χ4n) is 3.18. The van der Waals surface area contributed by atoms with E-state index in [1.54, 1.807) is 0 Å². The summed E-state index contributed by atoms with van der Waals surface area (Å²) in [4.78, 5) is 7.13. The first-order chi connectivity index (χ1) is 9.65. The molecule has 0 aliphatic carbocycles. The number of pyridine rings is 1. The predicted octanol–water partition coefficient (Wildman–Crippen LogP) is 3.62. The van der Waals surface area contributed by atoms with Crippen molar-refractivity contribution in [3.05, 3.63) is 24.0 Å². The average Bonchev–Trinajstić information content (AvgIpc) is 2.49. The van der Waals surface area contributed by atoms with Crippen molar-refractivity contribution in [1.29, 1.82) is 0 Å². The first-order valence-corrected chi connectivity index (χ1v) is 8.03. The van der Waals surface area contributed by atoms with Gasteiger partial charge in [0.1, 0.15) is 0 Å². The highest BCUT2D eigenvalue weighted by molar-refractivity contribution is 5.45. The van der Waals surface area contributed by atoms with Crippen molar-refractivity contribution in [2.75, 3.05) is 25.0 Å². The van der Waals surface area contributed by atoms with Gasteiger partial charge in [-0.1, -0.05) is 20.8 Å². The molecule has 2 heterocycles. The molecular weight excluding hydrogens is 246 g/mol. The van der Waals surface area contributed by atoms with Crippen molar-refractivity contribution in [1.82, 2.24) is 10.3 Å². The second kappa shape index (κ2) is 7.07. The lowest BCUT2D eigenvalue weighted by atomic mass is 9.86. The van der Waals surface area contributed by atoms with E-state index in [0.29, 0.717) is 6.04 Å². The summed E-state index contributed by atoms with van der Waals surface area (Å²) in [6.45, 7) is 9.23. The zero-order valence-corrected chi connectivity index (χ0v) is 13.4. The van der Waals surface area contributed by atoms with Crippen LogP contribution >= 0.6 is 0 Å². The highest BCUT2D eigenvalue weighted by Gasteiger charge is 2.21. The van der Waals surface area contributed by atoms with Gasteiger partial charge in [-0.3, -0.25) is 4.98 Å². The van der Waals surface area contributed by atoms with Gasteiger partial charge in [-0.2, -0.15) is 0 Å². The van der Waals surface area contributed by atoms with Crippen LogP contribution in [0.15, 0.2) is 18.3 Å². The summed E-state index contributed by atoms with van der Waals surface area (Å²) in [7, 11) is 2.00. The first-order valence-electron chi connectivity index (χ1n) is 8.03. The standard InChI is InChI=1S/C17H29N3/c1-5-16(18-4)17-7-6-15(12-19-17)20-10-8-14(9-11-20)13(2)3/h6-7,12-14,16,18H,5,8-11H2,1-4H3. The first kappa shape index (κ1) is 15.3. The fourth-order valence-corrected chi connectivity index (χ4v) is 3.18. The van der Waals surface area contributed by atoms with Crippen molar-refractivity contribution >= 4 is 5.69 Å². The second-order valence-corrected chi connectivity index (χ2v) is 6.26. The van der Waals surface area contributed by atoms with Gasteiger partial charge in [-0.15, -0.1) is 0 Å². The molecule has 1 aliphatic rings. The Kier molecular flexibility index (Phi) is 5.41. The van der Waals surface area contributed by atoms with Crippen molar-refractivity contribution < 1.29 is 0 Å². The van der Waals surface area contributed by atoms with Gasteiger partial charge in [-0.25, -0.2) is 0 Å². The molecule has 3 nitrogen and oxygen atoms in total. The summed E-state index contributed by atoms with van der Waals surface area (Å²) in [5.41, 5.74) is 2.43. The maximum absolute atomic E-state index is 4.65. The maximum atomic E-state index is 4.65. The van der Waals surface area contributed by atoms with Crippen LogP contribution in [0.4, 0.5) is 5.69 Å². The molecule has 0 radical (unpaired) electrons. The summed E-state index contributed by atoms with van der Waals surface area (Å²) < 4.78 is 0. The number of rotatable bonds is 5. The highest BCUT2D eigenvalue weighted by atomic mass is 15.1. The topological polar surface area (TPSA) is 28.2 Å². The van der Waals surface area contributed by atoms with Crippen molar-refractivity contribution in [3.8, 4) is 0 Å². The number of aromatic nitrogens is 1. The number of nitrogens with zero attached hydrogens (tertiary/aromatic N) is 2. The Morgan fingerprint density at radius 2 is 2.00 bits per heavy atom. The van der Waals surface area contributed by atoms with Gasteiger partial charge < -0.3 is 10.2 Å². The second-order valence-electron chi connectivity index (χ2n) is 6.26. The van der Waals surface area contributed by atoms with E-state index in [1.165, 1.54) is 31.6 Å². The fraction of sp³-hybridized carbons (Fsp3) is 0.706. The Hall–Kier alpha value is -1.09. The Morgan fingerprint density at radius 3 is 2.45 bits per heavy atom. The van der Waals surface area contributed by atoms with Gasteiger partial charge in [0.2, 0.25) is 0 Å². The third kappa shape index (κ3) is 3.51. The highest BCUT2D eigenvalue weighted by Crippen LogP contribution is 2.28. The van der Waals surface area contributed by atoms with E-state index in [1.807, 2.05) is 13.2 Å². The van der Waals surface area contributed by atoms with Crippen molar-refractivity contribution in [2.24, 2.45) is 11.8 Å². The Balaban J connectivity index is 1.97. The molecule has 112 valence electrons. The van der Waals surface area contributed by atoms with Gasteiger partial charge in [0.05, 0.1) is 17.6 Å². The number of anilines is 1.